The summed E-state index contributed by atoms with van der Waals surface area (Å²) in [5.41, 5.74) is 2.38. The second kappa shape index (κ2) is 8.36. The topological polar surface area (TPSA) is 28.0 Å². The van der Waals surface area contributed by atoms with Gasteiger partial charge in [0.15, 0.2) is 6.54 Å². The fraction of sp³-hybridized carbons (Fsp3) is 0.409. The van der Waals surface area contributed by atoms with Crippen LogP contribution in [0.4, 0.5) is 11.4 Å². The molecule has 2 heterocycles. The van der Waals surface area contributed by atoms with Crippen molar-refractivity contribution in [2.75, 3.05) is 49.1 Å². The number of amides is 1. The molecular formula is C22H28N3OS+. The molecule has 0 unspecified atom stereocenters. The van der Waals surface area contributed by atoms with Gasteiger partial charge in [0.05, 0.1) is 31.9 Å². The molecule has 0 radical (unpaired) electrons. The van der Waals surface area contributed by atoms with Crippen LogP contribution in [0.5, 0.6) is 0 Å². The SMILES string of the molecule is C[C@H]1CCN(C(=O)C[NH+]2CCN(c3ccccc3)CC2)c2ccccc2S1. The number of nitrogens with one attached hydrogen (secondary N) is 1. The smallest absolute Gasteiger partial charge is 0.282 e. The van der Waals surface area contributed by atoms with Gasteiger partial charge >= 0.3 is 0 Å². The predicted octanol–water partition coefficient (Wildman–Crippen LogP) is 2.31. The van der Waals surface area contributed by atoms with Crippen molar-refractivity contribution in [1.29, 1.82) is 0 Å². The van der Waals surface area contributed by atoms with Crippen molar-refractivity contribution in [2.45, 2.75) is 23.5 Å². The Morgan fingerprint density at radius 3 is 2.52 bits per heavy atom. The van der Waals surface area contributed by atoms with Crippen molar-refractivity contribution in [2.24, 2.45) is 0 Å². The van der Waals surface area contributed by atoms with Crippen LogP contribution in [-0.2, 0) is 4.79 Å². The highest BCUT2D eigenvalue weighted by Crippen LogP contribution is 2.37. The van der Waals surface area contributed by atoms with Crippen LogP contribution in [-0.4, -0.2) is 50.4 Å². The molecule has 1 atom stereocenters. The van der Waals surface area contributed by atoms with E-state index in [-0.39, 0.29) is 5.91 Å². The van der Waals surface area contributed by atoms with E-state index in [1.807, 2.05) is 22.7 Å². The quantitative estimate of drug-likeness (QED) is 0.883. The summed E-state index contributed by atoms with van der Waals surface area (Å²) < 4.78 is 0. The average molecular weight is 383 g/mol. The number of piperazine rings is 1. The molecule has 27 heavy (non-hydrogen) atoms. The van der Waals surface area contributed by atoms with Crippen molar-refractivity contribution in [3.05, 3.63) is 54.6 Å². The molecule has 1 saturated heterocycles. The van der Waals surface area contributed by atoms with Gasteiger partial charge in [0.1, 0.15) is 0 Å². The van der Waals surface area contributed by atoms with Gasteiger partial charge in [-0.2, -0.15) is 0 Å². The first kappa shape index (κ1) is 18.4. The summed E-state index contributed by atoms with van der Waals surface area (Å²) >= 11 is 1.89. The molecule has 142 valence electrons. The molecule has 0 bridgehead atoms. The molecule has 1 N–H and O–H groups in total. The molecule has 0 aliphatic carbocycles. The number of carbonyl (C=O) groups is 1. The van der Waals surface area contributed by atoms with Crippen molar-refractivity contribution in [1.82, 2.24) is 0 Å². The van der Waals surface area contributed by atoms with E-state index in [9.17, 15) is 4.79 Å². The normalized spacial score (nSPS) is 20.9. The highest BCUT2D eigenvalue weighted by atomic mass is 32.2. The fourth-order valence-corrected chi connectivity index (χ4v) is 5.06. The Morgan fingerprint density at radius 1 is 1.04 bits per heavy atom. The van der Waals surface area contributed by atoms with E-state index in [2.05, 4.69) is 60.4 Å². The van der Waals surface area contributed by atoms with Crippen molar-refractivity contribution < 1.29 is 9.69 Å². The zero-order chi connectivity index (χ0) is 18.6. The van der Waals surface area contributed by atoms with Gasteiger partial charge < -0.3 is 14.7 Å². The van der Waals surface area contributed by atoms with Gasteiger partial charge in [0.25, 0.3) is 5.91 Å². The third-order valence-corrected chi connectivity index (χ3v) is 6.77. The number of nitrogens with zero attached hydrogens (tertiary/aromatic N) is 2. The minimum absolute atomic E-state index is 0.264. The molecule has 2 aromatic carbocycles. The number of hydrogen-bond donors (Lipinski definition) is 1. The lowest BCUT2D eigenvalue weighted by Crippen LogP contribution is -3.16. The lowest BCUT2D eigenvalue weighted by molar-refractivity contribution is -0.892. The lowest BCUT2D eigenvalue weighted by atomic mass is 10.2. The number of hydrogen-bond acceptors (Lipinski definition) is 3. The van der Waals surface area contributed by atoms with Gasteiger partial charge in [-0.05, 0) is 30.7 Å². The highest BCUT2D eigenvalue weighted by Gasteiger charge is 2.28. The summed E-state index contributed by atoms with van der Waals surface area (Å²) in [4.78, 5) is 20.2. The van der Waals surface area contributed by atoms with Crippen molar-refractivity contribution in [3.8, 4) is 0 Å². The van der Waals surface area contributed by atoms with E-state index in [0.717, 1.165) is 44.8 Å². The molecule has 1 fully saturated rings. The monoisotopic (exact) mass is 382 g/mol. The third-order valence-electron chi connectivity index (χ3n) is 5.54. The number of carbonyl (C=O) groups excluding carboxylic acids is 1. The van der Waals surface area contributed by atoms with Gasteiger partial charge in [0.2, 0.25) is 0 Å². The van der Waals surface area contributed by atoms with Crippen molar-refractivity contribution in [3.63, 3.8) is 0 Å². The molecule has 2 aliphatic heterocycles. The zero-order valence-electron chi connectivity index (χ0n) is 15.9. The summed E-state index contributed by atoms with van der Waals surface area (Å²) in [6, 6.07) is 18.9. The first-order chi connectivity index (χ1) is 13.2. The maximum atomic E-state index is 13.1. The van der Waals surface area contributed by atoms with Crippen LogP contribution < -0.4 is 14.7 Å². The van der Waals surface area contributed by atoms with E-state index >= 15 is 0 Å². The first-order valence-corrected chi connectivity index (χ1v) is 10.8. The molecule has 5 heteroatoms. The minimum Gasteiger partial charge on any atom is -0.360 e. The lowest BCUT2D eigenvalue weighted by Gasteiger charge is -2.34. The van der Waals surface area contributed by atoms with E-state index < -0.39 is 0 Å². The Kier molecular flexibility index (Phi) is 5.69. The summed E-state index contributed by atoms with van der Waals surface area (Å²) in [6.07, 6.45) is 1.04. The summed E-state index contributed by atoms with van der Waals surface area (Å²) in [5, 5.41) is 0.547. The molecule has 0 spiro atoms. The van der Waals surface area contributed by atoms with Crippen molar-refractivity contribution >= 4 is 29.0 Å². The highest BCUT2D eigenvalue weighted by molar-refractivity contribution is 8.00. The molecule has 2 aromatic rings. The van der Waals surface area contributed by atoms with Crippen LogP contribution in [0.2, 0.25) is 0 Å². The van der Waals surface area contributed by atoms with Crippen LogP contribution in [0, 0.1) is 0 Å². The largest absolute Gasteiger partial charge is 0.360 e. The van der Waals surface area contributed by atoms with Crippen LogP contribution >= 0.6 is 11.8 Å². The van der Waals surface area contributed by atoms with Gasteiger partial charge in [-0.3, -0.25) is 4.79 Å². The Morgan fingerprint density at radius 2 is 1.74 bits per heavy atom. The molecular weight excluding hydrogens is 354 g/mol. The van der Waals surface area contributed by atoms with E-state index in [4.69, 9.17) is 0 Å². The maximum Gasteiger partial charge on any atom is 0.282 e. The molecule has 4 rings (SSSR count). The second-order valence-electron chi connectivity index (χ2n) is 7.48. The van der Waals surface area contributed by atoms with Gasteiger partial charge in [-0.25, -0.2) is 0 Å². The zero-order valence-corrected chi connectivity index (χ0v) is 16.8. The molecule has 0 aromatic heterocycles. The molecule has 1 amide bonds. The predicted molar refractivity (Wildman–Crippen MR) is 113 cm³/mol. The van der Waals surface area contributed by atoms with E-state index in [1.54, 1.807) is 0 Å². The summed E-state index contributed by atoms with van der Waals surface area (Å²) in [7, 11) is 0. The Bertz CT molecular complexity index is 774. The number of anilines is 2. The maximum absolute atomic E-state index is 13.1. The number of para-hydroxylation sites is 2. The van der Waals surface area contributed by atoms with Crippen LogP contribution in [0.3, 0.4) is 0 Å². The Balaban J connectivity index is 1.39. The number of benzene rings is 2. The van der Waals surface area contributed by atoms with Gasteiger partial charge in [-0.1, -0.05) is 37.3 Å². The summed E-state index contributed by atoms with van der Waals surface area (Å²) in [6.45, 7) is 7.72. The minimum atomic E-state index is 0.264. The molecule has 0 saturated carbocycles. The first-order valence-electron chi connectivity index (χ1n) is 9.90. The molecule has 2 aliphatic rings. The van der Waals surface area contributed by atoms with Crippen LogP contribution in [0.25, 0.3) is 0 Å². The standard InChI is InChI=1S/C22H27N3OS/c1-18-11-12-25(20-9-5-6-10-21(20)27-18)22(26)17-23-13-15-24(16-14-23)19-7-3-2-4-8-19/h2-10,18H,11-17H2,1H3/p+1/t18-/m0/s1. The molecule has 4 nitrogen and oxygen atoms in total. The van der Waals surface area contributed by atoms with Crippen LogP contribution in [0.1, 0.15) is 13.3 Å². The van der Waals surface area contributed by atoms with E-state index in [1.165, 1.54) is 15.5 Å². The third kappa shape index (κ3) is 4.30. The number of fused-ring (bicyclic) bond motifs is 1. The summed E-state index contributed by atoms with van der Waals surface area (Å²) in [5.74, 6) is 0.264. The van der Waals surface area contributed by atoms with Gasteiger partial charge in [0, 0.05) is 22.4 Å². The Hall–Kier alpha value is -1.98. The van der Waals surface area contributed by atoms with Gasteiger partial charge in [-0.15, -0.1) is 11.8 Å². The van der Waals surface area contributed by atoms with Crippen LogP contribution in [0.15, 0.2) is 59.5 Å². The Labute approximate surface area is 166 Å². The fourth-order valence-electron chi connectivity index (χ4n) is 3.95. The number of quaternary nitrogens is 1. The van der Waals surface area contributed by atoms with E-state index in [0.29, 0.717) is 11.8 Å². The second-order valence-corrected chi connectivity index (χ2v) is 8.96. The average Bonchev–Trinajstić information content (AvgIpc) is 2.87. The number of thioether (sulfide) groups is 1. The number of rotatable bonds is 3.